The summed E-state index contributed by atoms with van der Waals surface area (Å²) < 4.78 is 13.4. The van der Waals surface area contributed by atoms with Gasteiger partial charge in [0.2, 0.25) is 0 Å². The van der Waals surface area contributed by atoms with E-state index in [-0.39, 0.29) is 11.4 Å². The maximum absolute atomic E-state index is 13.4. The number of carboxylic acid groups (broad SMARTS) is 1. The molecule has 2 aromatic carbocycles. The van der Waals surface area contributed by atoms with Gasteiger partial charge in [-0.2, -0.15) is 0 Å². The molecule has 22 heavy (non-hydrogen) atoms. The molecule has 0 unspecified atom stereocenters. The van der Waals surface area contributed by atoms with Gasteiger partial charge in [0.05, 0.1) is 5.56 Å². The lowest BCUT2D eigenvalue weighted by Crippen LogP contribution is -2.30. The molecule has 0 aliphatic heterocycles. The summed E-state index contributed by atoms with van der Waals surface area (Å²) in [5, 5.41) is 14.0. The molecule has 114 valence electrons. The first kappa shape index (κ1) is 15.5. The number of anilines is 1. The number of amides is 2. The molecule has 0 spiro atoms. The van der Waals surface area contributed by atoms with Gasteiger partial charge in [-0.05, 0) is 42.3 Å². The predicted molar refractivity (Wildman–Crippen MR) is 80.5 cm³/mol. The number of halogens is 1. The van der Waals surface area contributed by atoms with Gasteiger partial charge in [0.15, 0.2) is 0 Å². The van der Waals surface area contributed by atoms with E-state index in [4.69, 9.17) is 5.11 Å². The maximum Gasteiger partial charge on any atom is 0.335 e. The molecule has 0 saturated carbocycles. The number of urea groups is 1. The Labute approximate surface area is 126 Å². The largest absolute Gasteiger partial charge is 0.478 e. The normalized spacial score (nSPS) is 10.0. The molecule has 0 saturated heterocycles. The zero-order valence-corrected chi connectivity index (χ0v) is 11.7. The van der Waals surface area contributed by atoms with E-state index in [9.17, 15) is 14.0 Å². The smallest absolute Gasteiger partial charge is 0.335 e. The molecule has 0 heterocycles. The molecule has 6 heteroatoms. The Kier molecular flexibility index (Phi) is 5.08. The Morgan fingerprint density at radius 2 is 1.73 bits per heavy atom. The highest BCUT2D eigenvalue weighted by atomic mass is 19.1. The summed E-state index contributed by atoms with van der Waals surface area (Å²) in [5.74, 6) is -1.32. The Morgan fingerprint density at radius 3 is 2.36 bits per heavy atom. The SMILES string of the molecule is O=C(NCCc1ccccc1F)Nc1ccc(C(=O)O)cc1. The van der Waals surface area contributed by atoms with Crippen LogP contribution in [0, 0.1) is 5.82 Å². The second kappa shape index (κ2) is 7.21. The van der Waals surface area contributed by atoms with Crippen LogP contribution in [0.25, 0.3) is 0 Å². The van der Waals surface area contributed by atoms with Gasteiger partial charge in [0, 0.05) is 12.2 Å². The van der Waals surface area contributed by atoms with Crippen molar-refractivity contribution in [1.82, 2.24) is 5.32 Å². The average Bonchev–Trinajstić information content (AvgIpc) is 2.50. The molecule has 2 amide bonds. The van der Waals surface area contributed by atoms with Crippen molar-refractivity contribution in [3.8, 4) is 0 Å². The molecular formula is C16H15FN2O3. The highest BCUT2D eigenvalue weighted by molar-refractivity contribution is 5.91. The molecule has 0 bridgehead atoms. The fraction of sp³-hybridized carbons (Fsp3) is 0.125. The molecule has 0 aliphatic rings. The number of benzene rings is 2. The van der Waals surface area contributed by atoms with Crippen LogP contribution in [0.4, 0.5) is 14.9 Å². The minimum atomic E-state index is -1.03. The molecular weight excluding hydrogens is 287 g/mol. The predicted octanol–water partition coefficient (Wildman–Crippen LogP) is 2.89. The quantitative estimate of drug-likeness (QED) is 0.794. The van der Waals surface area contributed by atoms with Crippen LogP contribution in [-0.4, -0.2) is 23.7 Å². The van der Waals surface area contributed by atoms with Gasteiger partial charge in [-0.1, -0.05) is 18.2 Å². The van der Waals surface area contributed by atoms with Gasteiger partial charge in [-0.25, -0.2) is 14.0 Å². The zero-order chi connectivity index (χ0) is 15.9. The Balaban J connectivity index is 1.80. The second-order valence-electron chi connectivity index (χ2n) is 4.60. The van der Waals surface area contributed by atoms with Crippen molar-refractivity contribution < 1.29 is 19.1 Å². The number of carbonyl (C=O) groups is 2. The highest BCUT2D eigenvalue weighted by Crippen LogP contribution is 2.09. The summed E-state index contributed by atoms with van der Waals surface area (Å²) in [6, 6.07) is 11.8. The van der Waals surface area contributed by atoms with Crippen molar-refractivity contribution in [2.24, 2.45) is 0 Å². The molecule has 0 fully saturated rings. The third kappa shape index (κ3) is 4.31. The van der Waals surface area contributed by atoms with Gasteiger partial charge >= 0.3 is 12.0 Å². The molecule has 5 nitrogen and oxygen atoms in total. The number of aromatic carboxylic acids is 1. The Morgan fingerprint density at radius 1 is 1.05 bits per heavy atom. The highest BCUT2D eigenvalue weighted by Gasteiger charge is 2.05. The van der Waals surface area contributed by atoms with Crippen LogP contribution in [0.5, 0.6) is 0 Å². The fourth-order valence-corrected chi connectivity index (χ4v) is 1.88. The van der Waals surface area contributed by atoms with Crippen LogP contribution in [-0.2, 0) is 6.42 Å². The van der Waals surface area contributed by atoms with Crippen LogP contribution in [0.1, 0.15) is 15.9 Å². The summed E-state index contributed by atoms with van der Waals surface area (Å²) >= 11 is 0. The topological polar surface area (TPSA) is 78.4 Å². The molecule has 0 radical (unpaired) electrons. The molecule has 0 atom stereocenters. The maximum atomic E-state index is 13.4. The lowest BCUT2D eigenvalue weighted by molar-refractivity contribution is 0.0697. The average molecular weight is 302 g/mol. The van der Waals surface area contributed by atoms with E-state index in [1.54, 1.807) is 18.2 Å². The first-order valence-corrected chi connectivity index (χ1v) is 6.68. The van der Waals surface area contributed by atoms with Gasteiger partial charge in [0.1, 0.15) is 5.82 Å². The van der Waals surface area contributed by atoms with Crippen molar-refractivity contribution >= 4 is 17.7 Å². The van der Waals surface area contributed by atoms with E-state index in [0.717, 1.165) is 0 Å². The van der Waals surface area contributed by atoms with Crippen molar-refractivity contribution in [1.29, 1.82) is 0 Å². The first-order chi connectivity index (χ1) is 10.6. The van der Waals surface area contributed by atoms with E-state index >= 15 is 0 Å². The minimum Gasteiger partial charge on any atom is -0.478 e. The van der Waals surface area contributed by atoms with Gasteiger partial charge < -0.3 is 15.7 Å². The van der Waals surface area contributed by atoms with E-state index in [0.29, 0.717) is 24.2 Å². The third-order valence-corrected chi connectivity index (χ3v) is 3.03. The summed E-state index contributed by atoms with van der Waals surface area (Å²) in [5.41, 5.74) is 1.16. The first-order valence-electron chi connectivity index (χ1n) is 6.68. The van der Waals surface area contributed by atoms with E-state index in [2.05, 4.69) is 10.6 Å². The Bertz CT molecular complexity index is 671. The van der Waals surface area contributed by atoms with Gasteiger partial charge in [-0.3, -0.25) is 0 Å². The summed E-state index contributed by atoms with van der Waals surface area (Å²) in [7, 11) is 0. The number of carboxylic acids is 1. The molecule has 0 aromatic heterocycles. The van der Waals surface area contributed by atoms with Crippen LogP contribution >= 0.6 is 0 Å². The van der Waals surface area contributed by atoms with Crippen LogP contribution in [0.2, 0.25) is 0 Å². The number of hydrogen-bond acceptors (Lipinski definition) is 2. The molecule has 2 aromatic rings. The fourth-order valence-electron chi connectivity index (χ4n) is 1.88. The second-order valence-corrected chi connectivity index (χ2v) is 4.60. The van der Waals surface area contributed by atoms with Crippen molar-refractivity contribution in [3.05, 3.63) is 65.5 Å². The summed E-state index contributed by atoms with van der Waals surface area (Å²) in [6.07, 6.45) is 0.387. The van der Waals surface area contributed by atoms with E-state index in [1.807, 2.05) is 0 Å². The third-order valence-electron chi connectivity index (χ3n) is 3.03. The molecule has 2 rings (SSSR count). The van der Waals surface area contributed by atoms with E-state index < -0.39 is 12.0 Å². The molecule has 3 N–H and O–H groups in total. The van der Waals surface area contributed by atoms with Crippen molar-refractivity contribution in [2.45, 2.75) is 6.42 Å². The lowest BCUT2D eigenvalue weighted by atomic mass is 10.1. The zero-order valence-electron chi connectivity index (χ0n) is 11.7. The summed E-state index contributed by atoms with van der Waals surface area (Å²) in [4.78, 5) is 22.4. The standard InChI is InChI=1S/C16H15FN2O3/c17-14-4-2-1-3-11(14)9-10-18-16(22)19-13-7-5-12(6-8-13)15(20)21/h1-8H,9-10H2,(H,20,21)(H2,18,19,22). The number of hydrogen-bond donors (Lipinski definition) is 3. The van der Waals surface area contributed by atoms with Crippen LogP contribution < -0.4 is 10.6 Å². The lowest BCUT2D eigenvalue weighted by Gasteiger charge is -2.08. The number of rotatable bonds is 5. The molecule has 0 aliphatic carbocycles. The number of carbonyl (C=O) groups excluding carboxylic acids is 1. The Hall–Kier alpha value is -2.89. The van der Waals surface area contributed by atoms with Crippen molar-refractivity contribution in [2.75, 3.05) is 11.9 Å². The van der Waals surface area contributed by atoms with Crippen LogP contribution in [0.3, 0.4) is 0 Å². The summed E-state index contributed by atoms with van der Waals surface area (Å²) in [6.45, 7) is 0.292. The van der Waals surface area contributed by atoms with Crippen molar-refractivity contribution in [3.63, 3.8) is 0 Å². The number of nitrogens with one attached hydrogen (secondary N) is 2. The monoisotopic (exact) mass is 302 g/mol. The minimum absolute atomic E-state index is 0.144. The van der Waals surface area contributed by atoms with Gasteiger partial charge in [0.25, 0.3) is 0 Å². The van der Waals surface area contributed by atoms with Gasteiger partial charge in [-0.15, -0.1) is 0 Å². The van der Waals surface area contributed by atoms with Crippen LogP contribution in [0.15, 0.2) is 48.5 Å². The van der Waals surface area contributed by atoms with E-state index in [1.165, 1.54) is 30.3 Å².